The summed E-state index contributed by atoms with van der Waals surface area (Å²) in [6.45, 7) is 0.658. The van der Waals surface area contributed by atoms with E-state index in [-0.39, 0.29) is 5.91 Å². The van der Waals surface area contributed by atoms with Gasteiger partial charge >= 0.3 is 0 Å². The van der Waals surface area contributed by atoms with Crippen molar-refractivity contribution in [1.29, 1.82) is 0 Å². The van der Waals surface area contributed by atoms with E-state index in [0.717, 1.165) is 0 Å². The summed E-state index contributed by atoms with van der Waals surface area (Å²) in [7, 11) is 1.57. The molecular weight excluding hydrogens is 258 g/mol. The second-order valence-corrected chi connectivity index (χ2v) is 4.26. The molecule has 1 amide bonds. The molecule has 0 saturated heterocycles. The summed E-state index contributed by atoms with van der Waals surface area (Å²) in [6, 6.07) is 5.15. The second kappa shape index (κ2) is 6.55. The summed E-state index contributed by atoms with van der Waals surface area (Å²) in [5, 5.41) is 6.75. The van der Waals surface area contributed by atoms with Gasteiger partial charge in [-0.3, -0.25) is 9.48 Å². The van der Waals surface area contributed by atoms with E-state index in [2.05, 4.69) is 15.4 Å². The Kier molecular flexibility index (Phi) is 4.54. The number of aryl methyl sites for hydroxylation is 1. The third-order valence-electron chi connectivity index (χ3n) is 2.79. The lowest BCUT2D eigenvalue weighted by molar-refractivity contribution is -0.116. The number of carbonyl (C=O) groups excluding carboxylic acids is 1. The predicted molar refractivity (Wildman–Crippen MR) is 75.3 cm³/mol. The van der Waals surface area contributed by atoms with Crippen molar-refractivity contribution in [3.8, 4) is 5.75 Å². The Morgan fingerprint density at radius 3 is 3.00 bits per heavy atom. The Morgan fingerprint density at radius 2 is 2.35 bits per heavy atom. The lowest BCUT2D eigenvalue weighted by Gasteiger charge is -2.09. The van der Waals surface area contributed by atoms with Crippen LogP contribution in [0.25, 0.3) is 0 Å². The molecule has 0 aliphatic rings. The van der Waals surface area contributed by atoms with E-state index in [1.54, 1.807) is 36.3 Å². The molecule has 106 valence electrons. The van der Waals surface area contributed by atoms with Gasteiger partial charge in [-0.25, -0.2) is 4.98 Å². The van der Waals surface area contributed by atoms with Gasteiger partial charge in [0.2, 0.25) is 5.91 Å². The first-order chi connectivity index (χ1) is 9.69. The highest BCUT2D eigenvalue weighted by molar-refractivity contribution is 5.93. The van der Waals surface area contributed by atoms with Crippen LogP contribution in [0, 0.1) is 0 Å². The topological polar surface area (TPSA) is 95.1 Å². The van der Waals surface area contributed by atoms with Crippen LogP contribution in [-0.4, -0.2) is 27.8 Å². The van der Waals surface area contributed by atoms with Gasteiger partial charge in [-0.15, -0.1) is 0 Å². The zero-order valence-electron chi connectivity index (χ0n) is 11.2. The fourth-order valence-electron chi connectivity index (χ4n) is 1.74. The lowest BCUT2D eigenvalue weighted by Crippen LogP contribution is -2.13. The molecular formula is C13H17N5O2. The summed E-state index contributed by atoms with van der Waals surface area (Å²) >= 11 is 0. The van der Waals surface area contributed by atoms with Crippen LogP contribution in [0.2, 0.25) is 0 Å². The standard InChI is InChI=1S/C13H17N5O2/c1-20-10-4-5-12(11(14)7-10)17-13(19)3-2-6-18-9-15-8-16-18/h4-5,7-9H,2-3,6,14H2,1H3,(H,17,19). The van der Waals surface area contributed by atoms with Crippen LogP contribution in [0.5, 0.6) is 5.75 Å². The van der Waals surface area contributed by atoms with Gasteiger partial charge in [-0.1, -0.05) is 0 Å². The number of rotatable bonds is 6. The van der Waals surface area contributed by atoms with Crippen molar-refractivity contribution >= 4 is 17.3 Å². The second-order valence-electron chi connectivity index (χ2n) is 4.26. The maximum absolute atomic E-state index is 11.8. The highest BCUT2D eigenvalue weighted by atomic mass is 16.5. The molecule has 1 aromatic heterocycles. The Balaban J connectivity index is 1.82. The average molecular weight is 275 g/mol. The summed E-state index contributed by atoms with van der Waals surface area (Å²) in [4.78, 5) is 15.6. The highest BCUT2D eigenvalue weighted by Crippen LogP contribution is 2.24. The van der Waals surface area contributed by atoms with E-state index in [9.17, 15) is 4.79 Å². The largest absolute Gasteiger partial charge is 0.497 e. The molecule has 0 aliphatic carbocycles. The Labute approximate surface area is 116 Å². The first-order valence-corrected chi connectivity index (χ1v) is 6.25. The first-order valence-electron chi connectivity index (χ1n) is 6.25. The number of nitrogens with two attached hydrogens (primary N) is 1. The van der Waals surface area contributed by atoms with E-state index in [4.69, 9.17) is 10.5 Å². The summed E-state index contributed by atoms with van der Waals surface area (Å²) in [5.74, 6) is 0.577. The lowest BCUT2D eigenvalue weighted by atomic mass is 10.2. The van der Waals surface area contributed by atoms with Gasteiger partial charge in [0.05, 0.1) is 18.5 Å². The summed E-state index contributed by atoms with van der Waals surface area (Å²) in [6.07, 6.45) is 4.17. The molecule has 0 saturated carbocycles. The van der Waals surface area contributed by atoms with Crippen LogP contribution >= 0.6 is 0 Å². The predicted octanol–water partition coefficient (Wildman–Crippen LogP) is 1.29. The molecule has 0 spiro atoms. The quantitative estimate of drug-likeness (QED) is 0.774. The van der Waals surface area contributed by atoms with Crippen LogP contribution in [0.15, 0.2) is 30.9 Å². The van der Waals surface area contributed by atoms with Crippen molar-refractivity contribution in [3.05, 3.63) is 30.9 Å². The number of carbonyl (C=O) groups is 1. The van der Waals surface area contributed by atoms with Gasteiger partial charge in [0, 0.05) is 19.0 Å². The Morgan fingerprint density at radius 1 is 1.50 bits per heavy atom. The van der Waals surface area contributed by atoms with Gasteiger partial charge in [0.15, 0.2) is 0 Å². The third kappa shape index (κ3) is 3.71. The minimum atomic E-state index is -0.0815. The fourth-order valence-corrected chi connectivity index (χ4v) is 1.74. The highest BCUT2D eigenvalue weighted by Gasteiger charge is 2.06. The molecule has 1 aromatic carbocycles. The summed E-state index contributed by atoms with van der Waals surface area (Å²) in [5.41, 5.74) is 6.91. The average Bonchev–Trinajstić information content (AvgIpc) is 2.94. The van der Waals surface area contributed by atoms with Crippen LogP contribution in [0.4, 0.5) is 11.4 Å². The number of nitrogens with zero attached hydrogens (tertiary/aromatic N) is 3. The molecule has 2 aromatic rings. The van der Waals surface area contributed by atoms with Crippen molar-refractivity contribution in [3.63, 3.8) is 0 Å². The monoisotopic (exact) mass is 275 g/mol. The molecule has 0 aliphatic heterocycles. The number of amides is 1. The fraction of sp³-hybridized carbons (Fsp3) is 0.308. The number of anilines is 2. The zero-order chi connectivity index (χ0) is 14.4. The third-order valence-corrected chi connectivity index (χ3v) is 2.79. The molecule has 7 heteroatoms. The molecule has 0 bridgehead atoms. The van der Waals surface area contributed by atoms with E-state index in [0.29, 0.717) is 36.5 Å². The van der Waals surface area contributed by atoms with E-state index in [1.807, 2.05) is 0 Å². The number of nitrogens with one attached hydrogen (secondary N) is 1. The molecule has 0 unspecified atom stereocenters. The zero-order valence-corrected chi connectivity index (χ0v) is 11.2. The van der Waals surface area contributed by atoms with Gasteiger partial charge < -0.3 is 15.8 Å². The summed E-state index contributed by atoms with van der Waals surface area (Å²) < 4.78 is 6.74. The van der Waals surface area contributed by atoms with Gasteiger partial charge in [-0.05, 0) is 18.6 Å². The van der Waals surface area contributed by atoms with Crippen LogP contribution in [-0.2, 0) is 11.3 Å². The molecule has 7 nitrogen and oxygen atoms in total. The minimum absolute atomic E-state index is 0.0815. The number of hydrogen-bond acceptors (Lipinski definition) is 5. The van der Waals surface area contributed by atoms with Crippen LogP contribution in [0.3, 0.4) is 0 Å². The number of nitrogen functional groups attached to an aromatic ring is 1. The number of aromatic nitrogens is 3. The smallest absolute Gasteiger partial charge is 0.224 e. The number of benzene rings is 1. The number of methoxy groups -OCH3 is 1. The molecule has 0 fully saturated rings. The Bertz CT molecular complexity index is 568. The first kappa shape index (κ1) is 13.9. The molecule has 0 atom stereocenters. The normalized spacial score (nSPS) is 10.2. The van der Waals surface area contributed by atoms with Crippen molar-refractivity contribution in [2.45, 2.75) is 19.4 Å². The van der Waals surface area contributed by atoms with Crippen LogP contribution < -0.4 is 15.8 Å². The van der Waals surface area contributed by atoms with Gasteiger partial charge in [0.25, 0.3) is 0 Å². The minimum Gasteiger partial charge on any atom is -0.497 e. The molecule has 2 rings (SSSR count). The van der Waals surface area contributed by atoms with E-state index >= 15 is 0 Å². The van der Waals surface area contributed by atoms with Crippen LogP contribution in [0.1, 0.15) is 12.8 Å². The maximum Gasteiger partial charge on any atom is 0.224 e. The Hall–Kier alpha value is -2.57. The van der Waals surface area contributed by atoms with Crippen molar-refractivity contribution in [1.82, 2.24) is 14.8 Å². The van der Waals surface area contributed by atoms with Crippen molar-refractivity contribution in [2.75, 3.05) is 18.2 Å². The SMILES string of the molecule is COc1ccc(NC(=O)CCCn2cncn2)c(N)c1. The van der Waals surface area contributed by atoms with E-state index < -0.39 is 0 Å². The maximum atomic E-state index is 11.8. The van der Waals surface area contributed by atoms with E-state index in [1.165, 1.54) is 6.33 Å². The molecule has 20 heavy (non-hydrogen) atoms. The molecule has 3 N–H and O–H groups in total. The van der Waals surface area contributed by atoms with Crippen molar-refractivity contribution in [2.24, 2.45) is 0 Å². The molecule has 0 radical (unpaired) electrons. The van der Waals surface area contributed by atoms with Gasteiger partial charge in [-0.2, -0.15) is 5.10 Å². The number of hydrogen-bond donors (Lipinski definition) is 2. The van der Waals surface area contributed by atoms with Gasteiger partial charge in [0.1, 0.15) is 18.4 Å². The van der Waals surface area contributed by atoms with Crippen molar-refractivity contribution < 1.29 is 9.53 Å². The number of ether oxygens (including phenoxy) is 1. The molecule has 1 heterocycles.